The van der Waals surface area contributed by atoms with Gasteiger partial charge in [-0.2, -0.15) is 0 Å². The standard InChI is InChI=1S/C27H22ClFN6O2/c1-37-23-5-3-2-4-21(23)25-32-31-24-20-11-8-18(28)16-22(20)30-27(35(24)25)34-14-12-33(13-15-34)26(36)17-6-9-19(29)10-7-17/h2-11,16H,12-15H2,1H3. The highest BCUT2D eigenvalue weighted by Crippen LogP contribution is 2.34. The molecule has 1 saturated heterocycles. The van der Waals surface area contributed by atoms with Crippen LogP contribution in [0.15, 0.2) is 66.7 Å². The molecule has 1 amide bonds. The molecule has 3 aromatic carbocycles. The Morgan fingerprint density at radius 2 is 1.73 bits per heavy atom. The van der Waals surface area contributed by atoms with E-state index in [1.807, 2.05) is 46.9 Å². The molecule has 0 unspecified atom stereocenters. The number of anilines is 1. The summed E-state index contributed by atoms with van der Waals surface area (Å²) in [6.45, 7) is 2.06. The second-order valence-corrected chi connectivity index (χ2v) is 9.18. The Morgan fingerprint density at radius 1 is 0.973 bits per heavy atom. The number of nitrogens with zero attached hydrogens (tertiary/aromatic N) is 6. The lowest BCUT2D eigenvalue weighted by molar-refractivity contribution is 0.0746. The van der Waals surface area contributed by atoms with E-state index in [1.54, 1.807) is 12.0 Å². The minimum atomic E-state index is -0.368. The molecule has 6 rings (SSSR count). The Bertz CT molecular complexity index is 1630. The summed E-state index contributed by atoms with van der Waals surface area (Å²) in [5.74, 6) is 1.45. The molecule has 0 bridgehead atoms. The van der Waals surface area contributed by atoms with Gasteiger partial charge in [-0.25, -0.2) is 13.8 Å². The third kappa shape index (κ3) is 4.11. The van der Waals surface area contributed by atoms with Gasteiger partial charge in [0.05, 0.1) is 18.2 Å². The molecule has 8 nitrogen and oxygen atoms in total. The van der Waals surface area contributed by atoms with E-state index in [9.17, 15) is 9.18 Å². The van der Waals surface area contributed by atoms with Gasteiger partial charge < -0.3 is 14.5 Å². The fraction of sp³-hybridized carbons (Fsp3) is 0.185. The molecule has 37 heavy (non-hydrogen) atoms. The van der Waals surface area contributed by atoms with Crippen LogP contribution in [0.25, 0.3) is 27.9 Å². The summed E-state index contributed by atoms with van der Waals surface area (Å²) < 4.78 is 20.8. The second kappa shape index (κ2) is 9.33. The zero-order chi connectivity index (χ0) is 25.5. The molecular formula is C27H22ClFN6O2. The van der Waals surface area contributed by atoms with Crippen LogP contribution in [0.3, 0.4) is 0 Å². The lowest BCUT2D eigenvalue weighted by Gasteiger charge is -2.35. The molecule has 0 saturated carbocycles. The number of ether oxygens (including phenoxy) is 1. The molecule has 1 aliphatic heterocycles. The Hall–Kier alpha value is -4.24. The fourth-order valence-electron chi connectivity index (χ4n) is 4.69. The molecule has 186 valence electrons. The van der Waals surface area contributed by atoms with Gasteiger partial charge >= 0.3 is 0 Å². The van der Waals surface area contributed by atoms with Gasteiger partial charge in [0.2, 0.25) is 5.95 Å². The average molecular weight is 517 g/mol. The molecule has 2 aromatic heterocycles. The number of aromatic nitrogens is 4. The molecule has 0 aliphatic carbocycles. The van der Waals surface area contributed by atoms with E-state index in [1.165, 1.54) is 24.3 Å². The molecule has 1 aliphatic rings. The van der Waals surface area contributed by atoms with E-state index in [4.69, 9.17) is 21.3 Å². The summed E-state index contributed by atoms with van der Waals surface area (Å²) in [7, 11) is 1.62. The minimum Gasteiger partial charge on any atom is -0.496 e. The lowest BCUT2D eigenvalue weighted by Crippen LogP contribution is -2.49. The van der Waals surface area contributed by atoms with Gasteiger partial charge in [0.15, 0.2) is 11.5 Å². The minimum absolute atomic E-state index is 0.123. The largest absolute Gasteiger partial charge is 0.496 e. The molecule has 0 N–H and O–H groups in total. The van der Waals surface area contributed by atoms with Crippen molar-refractivity contribution in [2.75, 3.05) is 38.2 Å². The average Bonchev–Trinajstić information content (AvgIpc) is 3.38. The quantitative estimate of drug-likeness (QED) is 0.344. The number of hydrogen-bond acceptors (Lipinski definition) is 6. The third-order valence-electron chi connectivity index (χ3n) is 6.57. The number of fused-ring (bicyclic) bond motifs is 3. The SMILES string of the molecule is COc1ccccc1-c1nnc2c3ccc(Cl)cc3nc(N3CCN(C(=O)c4ccc(F)cc4)CC3)n12. The van der Waals surface area contributed by atoms with Gasteiger partial charge in [0, 0.05) is 42.2 Å². The summed E-state index contributed by atoms with van der Waals surface area (Å²) in [4.78, 5) is 21.8. The fourth-order valence-corrected chi connectivity index (χ4v) is 4.86. The number of carbonyl (C=O) groups excluding carboxylic acids is 1. The molecule has 5 aromatic rings. The number of carbonyl (C=O) groups is 1. The molecular weight excluding hydrogens is 495 g/mol. The maximum atomic E-state index is 13.3. The van der Waals surface area contributed by atoms with Crippen LogP contribution in [-0.4, -0.2) is 63.7 Å². The molecule has 1 fully saturated rings. The smallest absolute Gasteiger partial charge is 0.253 e. The van der Waals surface area contributed by atoms with Crippen LogP contribution in [0.1, 0.15) is 10.4 Å². The van der Waals surface area contributed by atoms with Crippen molar-refractivity contribution in [2.24, 2.45) is 0 Å². The van der Waals surface area contributed by atoms with Gasteiger partial charge in [-0.3, -0.25) is 4.79 Å². The number of amides is 1. The van der Waals surface area contributed by atoms with Crippen molar-refractivity contribution >= 4 is 40.0 Å². The molecule has 0 radical (unpaired) electrons. The van der Waals surface area contributed by atoms with Crippen LogP contribution in [-0.2, 0) is 0 Å². The van der Waals surface area contributed by atoms with Crippen LogP contribution in [0.2, 0.25) is 5.02 Å². The van der Waals surface area contributed by atoms with Crippen LogP contribution < -0.4 is 9.64 Å². The Kier molecular flexibility index (Phi) is 5.84. The molecule has 10 heteroatoms. The summed E-state index contributed by atoms with van der Waals surface area (Å²) in [6.07, 6.45) is 0. The van der Waals surface area contributed by atoms with E-state index < -0.39 is 0 Å². The highest BCUT2D eigenvalue weighted by atomic mass is 35.5. The Labute approximate surface area is 216 Å². The lowest BCUT2D eigenvalue weighted by atomic mass is 10.1. The van der Waals surface area contributed by atoms with Gasteiger partial charge in [0.1, 0.15) is 11.6 Å². The highest BCUT2D eigenvalue weighted by Gasteiger charge is 2.27. The summed E-state index contributed by atoms with van der Waals surface area (Å²) >= 11 is 6.29. The van der Waals surface area contributed by atoms with Crippen molar-refractivity contribution < 1.29 is 13.9 Å². The van der Waals surface area contributed by atoms with Crippen molar-refractivity contribution in [1.82, 2.24) is 24.5 Å². The summed E-state index contributed by atoms with van der Waals surface area (Å²) in [5.41, 5.74) is 2.62. The van der Waals surface area contributed by atoms with Crippen molar-refractivity contribution in [3.05, 3.63) is 83.1 Å². The second-order valence-electron chi connectivity index (χ2n) is 8.74. The molecule has 3 heterocycles. The van der Waals surface area contributed by atoms with Crippen molar-refractivity contribution in [3.8, 4) is 17.1 Å². The van der Waals surface area contributed by atoms with E-state index in [-0.39, 0.29) is 11.7 Å². The molecule has 0 spiro atoms. The first kappa shape index (κ1) is 23.2. The first-order valence-corrected chi connectivity index (χ1v) is 12.2. The summed E-state index contributed by atoms with van der Waals surface area (Å²) in [6, 6.07) is 18.8. The monoisotopic (exact) mass is 516 g/mol. The number of rotatable bonds is 4. The number of methoxy groups -OCH3 is 1. The van der Waals surface area contributed by atoms with E-state index in [0.717, 1.165) is 10.9 Å². The van der Waals surface area contributed by atoms with Crippen molar-refractivity contribution in [3.63, 3.8) is 0 Å². The summed E-state index contributed by atoms with van der Waals surface area (Å²) in [5, 5.41) is 10.5. The van der Waals surface area contributed by atoms with Crippen LogP contribution in [0.5, 0.6) is 5.75 Å². The topological polar surface area (TPSA) is 75.9 Å². The van der Waals surface area contributed by atoms with Crippen LogP contribution in [0.4, 0.5) is 10.3 Å². The number of halogens is 2. The zero-order valence-corrected chi connectivity index (χ0v) is 20.7. The zero-order valence-electron chi connectivity index (χ0n) is 19.9. The first-order chi connectivity index (χ1) is 18.0. The maximum absolute atomic E-state index is 13.3. The van der Waals surface area contributed by atoms with Gasteiger partial charge in [-0.15, -0.1) is 10.2 Å². The van der Waals surface area contributed by atoms with Crippen molar-refractivity contribution in [1.29, 1.82) is 0 Å². The first-order valence-electron chi connectivity index (χ1n) is 11.8. The van der Waals surface area contributed by atoms with Crippen LogP contribution in [0, 0.1) is 5.82 Å². The number of piperazine rings is 1. The van der Waals surface area contributed by atoms with E-state index >= 15 is 0 Å². The van der Waals surface area contributed by atoms with Crippen molar-refractivity contribution in [2.45, 2.75) is 0 Å². The van der Waals surface area contributed by atoms with E-state index in [2.05, 4.69) is 15.1 Å². The highest BCUT2D eigenvalue weighted by molar-refractivity contribution is 6.31. The van der Waals surface area contributed by atoms with Gasteiger partial charge in [-0.1, -0.05) is 23.7 Å². The predicted molar refractivity (Wildman–Crippen MR) is 140 cm³/mol. The number of para-hydroxylation sites is 1. The van der Waals surface area contributed by atoms with Gasteiger partial charge in [-0.05, 0) is 54.6 Å². The predicted octanol–water partition coefficient (Wildman–Crippen LogP) is 4.71. The third-order valence-corrected chi connectivity index (χ3v) is 6.81. The number of hydrogen-bond donors (Lipinski definition) is 0. The Balaban J connectivity index is 1.41. The van der Waals surface area contributed by atoms with E-state index in [0.29, 0.717) is 65.5 Å². The molecule has 0 atom stereocenters. The normalized spacial score (nSPS) is 13.9. The van der Waals surface area contributed by atoms with Crippen LogP contribution >= 0.6 is 11.6 Å². The Morgan fingerprint density at radius 3 is 2.49 bits per heavy atom. The maximum Gasteiger partial charge on any atom is 0.253 e. The van der Waals surface area contributed by atoms with Gasteiger partial charge in [0.25, 0.3) is 5.91 Å². The number of benzene rings is 3.